The van der Waals surface area contributed by atoms with Crippen molar-refractivity contribution in [2.45, 2.75) is 0 Å². The molecule has 1 aromatic rings. The number of phenols is 3. The normalized spacial score (nSPS) is 8.29. The molecule has 1 aromatic carbocycles. The molecule has 1 rings (SSSR count). The molecule has 0 heterocycles. The zero-order valence-electron chi connectivity index (χ0n) is 7.06. The standard InChI is InChI=1S/C7H6O5.Ge.Zn/c8-4-1-3(7(11)12)2-5(9)6(4)10;;/h1-2,8-10H,(H,11,12);;. The van der Waals surface area contributed by atoms with Gasteiger partial charge < -0.3 is 20.4 Å². The second-order valence-electron chi connectivity index (χ2n) is 2.17. The number of carboxylic acid groups (broad SMARTS) is 1. The molecular weight excluding hydrogens is 302 g/mol. The second kappa shape index (κ2) is 5.88. The molecule has 7 heteroatoms. The van der Waals surface area contributed by atoms with Gasteiger partial charge in [0.05, 0.1) is 5.56 Å². The van der Waals surface area contributed by atoms with Gasteiger partial charge >= 0.3 is 5.97 Å². The fourth-order valence-electron chi connectivity index (χ4n) is 0.728. The van der Waals surface area contributed by atoms with Crippen LogP contribution in [0, 0.1) is 0 Å². The van der Waals surface area contributed by atoms with Crippen molar-refractivity contribution in [3.8, 4) is 17.2 Å². The summed E-state index contributed by atoms with van der Waals surface area (Å²) in [6.45, 7) is 0. The van der Waals surface area contributed by atoms with Gasteiger partial charge in [0.15, 0.2) is 17.2 Å². The van der Waals surface area contributed by atoms with Crippen molar-refractivity contribution in [2.75, 3.05) is 0 Å². The molecule has 5 nitrogen and oxygen atoms in total. The van der Waals surface area contributed by atoms with Crippen LogP contribution in [0.1, 0.15) is 10.4 Å². The van der Waals surface area contributed by atoms with Gasteiger partial charge in [0.25, 0.3) is 0 Å². The monoisotopic (exact) mass is 308 g/mol. The van der Waals surface area contributed by atoms with Crippen LogP contribution < -0.4 is 0 Å². The molecule has 4 N–H and O–H groups in total. The Labute approximate surface area is 103 Å². The second-order valence-corrected chi connectivity index (χ2v) is 2.17. The van der Waals surface area contributed by atoms with Gasteiger partial charge in [-0.05, 0) is 12.1 Å². The van der Waals surface area contributed by atoms with E-state index < -0.39 is 23.2 Å². The first-order valence-electron chi connectivity index (χ1n) is 3.00. The van der Waals surface area contributed by atoms with Crippen molar-refractivity contribution in [3.05, 3.63) is 17.7 Å². The van der Waals surface area contributed by atoms with Gasteiger partial charge in [-0.3, -0.25) is 0 Å². The summed E-state index contributed by atoms with van der Waals surface area (Å²) in [6.07, 6.45) is 0. The van der Waals surface area contributed by atoms with E-state index in [0.717, 1.165) is 12.1 Å². The van der Waals surface area contributed by atoms with Crippen molar-refractivity contribution in [1.29, 1.82) is 0 Å². The maximum atomic E-state index is 10.3. The number of aromatic carboxylic acids is 1. The molecule has 0 amide bonds. The van der Waals surface area contributed by atoms with Gasteiger partial charge in [-0.2, -0.15) is 0 Å². The summed E-state index contributed by atoms with van der Waals surface area (Å²) >= 11 is 0. The number of benzene rings is 1. The average molecular weight is 308 g/mol. The van der Waals surface area contributed by atoms with Crippen LogP contribution in [-0.2, 0) is 19.5 Å². The third kappa shape index (κ3) is 3.19. The molecule has 14 heavy (non-hydrogen) atoms. The summed E-state index contributed by atoms with van der Waals surface area (Å²) in [5.74, 6) is -3.33. The first kappa shape index (κ1) is 15.7. The Hall–Kier alpha value is -0.744. The summed E-state index contributed by atoms with van der Waals surface area (Å²) in [5, 5.41) is 35.0. The Kier molecular flexibility index (Phi) is 6.60. The predicted octanol–water partition coefficient (Wildman–Crippen LogP) is 0.118. The molecular formula is C7H6GeO5Zn. The van der Waals surface area contributed by atoms with E-state index in [1.807, 2.05) is 0 Å². The molecule has 4 radical (unpaired) electrons. The first-order chi connectivity index (χ1) is 5.52. The molecule has 0 aliphatic carbocycles. The maximum absolute atomic E-state index is 10.3. The number of hydrogen-bond donors (Lipinski definition) is 4. The van der Waals surface area contributed by atoms with Crippen LogP contribution in [0.2, 0.25) is 0 Å². The minimum absolute atomic E-state index is 0. The van der Waals surface area contributed by atoms with Gasteiger partial charge in [0.2, 0.25) is 0 Å². The van der Waals surface area contributed by atoms with Gasteiger partial charge in [-0.1, -0.05) is 0 Å². The molecule has 0 unspecified atom stereocenters. The number of rotatable bonds is 1. The van der Waals surface area contributed by atoms with E-state index in [2.05, 4.69) is 0 Å². The topological polar surface area (TPSA) is 98.0 Å². The molecule has 70 valence electrons. The largest absolute Gasteiger partial charge is 0.504 e. The van der Waals surface area contributed by atoms with Gasteiger partial charge in [-0.25, -0.2) is 4.79 Å². The molecule has 0 aliphatic heterocycles. The van der Waals surface area contributed by atoms with Crippen LogP contribution in [0.4, 0.5) is 0 Å². The van der Waals surface area contributed by atoms with E-state index in [1.165, 1.54) is 0 Å². The fraction of sp³-hybridized carbons (Fsp3) is 0. The minimum atomic E-state index is -1.29. The van der Waals surface area contributed by atoms with Gasteiger partial charge in [0, 0.05) is 37.1 Å². The van der Waals surface area contributed by atoms with E-state index in [1.54, 1.807) is 0 Å². The zero-order chi connectivity index (χ0) is 9.30. The molecule has 0 fully saturated rings. The van der Waals surface area contributed by atoms with E-state index in [9.17, 15) is 4.79 Å². The number of carbonyl (C=O) groups is 1. The van der Waals surface area contributed by atoms with E-state index in [-0.39, 0.29) is 42.6 Å². The van der Waals surface area contributed by atoms with E-state index >= 15 is 0 Å². The molecule has 0 spiro atoms. The summed E-state index contributed by atoms with van der Waals surface area (Å²) in [5.41, 5.74) is -0.289. The number of carboxylic acids is 1. The van der Waals surface area contributed by atoms with E-state index in [0.29, 0.717) is 0 Å². The van der Waals surface area contributed by atoms with E-state index in [4.69, 9.17) is 20.4 Å². The fourth-order valence-corrected chi connectivity index (χ4v) is 0.728. The third-order valence-corrected chi connectivity index (χ3v) is 1.32. The Morgan fingerprint density at radius 2 is 1.43 bits per heavy atom. The summed E-state index contributed by atoms with van der Waals surface area (Å²) in [4.78, 5) is 10.3. The molecule has 0 aliphatic rings. The molecule has 0 aromatic heterocycles. The first-order valence-corrected chi connectivity index (χ1v) is 3.00. The Bertz CT molecular complexity index is 318. The summed E-state index contributed by atoms with van der Waals surface area (Å²) in [7, 11) is 0. The number of hydrogen-bond acceptors (Lipinski definition) is 4. The molecule has 0 saturated heterocycles. The van der Waals surface area contributed by atoms with Crippen LogP contribution in [0.25, 0.3) is 0 Å². The quantitative estimate of drug-likeness (QED) is 0.436. The predicted molar refractivity (Wildman–Crippen MR) is 44.1 cm³/mol. The van der Waals surface area contributed by atoms with Crippen molar-refractivity contribution < 1.29 is 44.7 Å². The van der Waals surface area contributed by atoms with Gasteiger partial charge in [0.1, 0.15) is 0 Å². The summed E-state index contributed by atoms with van der Waals surface area (Å²) in [6, 6.07) is 1.69. The summed E-state index contributed by atoms with van der Waals surface area (Å²) < 4.78 is 0. The van der Waals surface area contributed by atoms with Crippen LogP contribution in [0.5, 0.6) is 17.2 Å². The molecule has 0 saturated carbocycles. The Morgan fingerprint density at radius 3 is 1.71 bits per heavy atom. The van der Waals surface area contributed by atoms with Crippen molar-refractivity contribution in [3.63, 3.8) is 0 Å². The van der Waals surface area contributed by atoms with Crippen molar-refractivity contribution >= 4 is 23.6 Å². The average Bonchev–Trinajstić information content (AvgIpc) is 1.99. The van der Waals surface area contributed by atoms with Crippen LogP contribution in [-0.4, -0.2) is 44.0 Å². The van der Waals surface area contributed by atoms with Crippen LogP contribution in [0.3, 0.4) is 0 Å². The smallest absolute Gasteiger partial charge is 0.335 e. The SMILES string of the molecule is O=C(O)c1cc(O)c(O)c(O)c1.[Ge].[Zn]. The van der Waals surface area contributed by atoms with Gasteiger partial charge in [-0.15, -0.1) is 0 Å². The third-order valence-electron chi connectivity index (χ3n) is 1.32. The van der Waals surface area contributed by atoms with Crippen molar-refractivity contribution in [2.24, 2.45) is 0 Å². The number of aromatic hydroxyl groups is 3. The minimum Gasteiger partial charge on any atom is -0.504 e. The number of phenolic OH excluding ortho intramolecular Hbond substituents is 3. The molecule has 0 atom stereocenters. The Balaban J connectivity index is 0. The van der Waals surface area contributed by atoms with Crippen LogP contribution >= 0.6 is 0 Å². The van der Waals surface area contributed by atoms with Crippen molar-refractivity contribution in [1.82, 2.24) is 0 Å². The molecule has 0 bridgehead atoms. The van der Waals surface area contributed by atoms with Crippen LogP contribution in [0.15, 0.2) is 12.1 Å². The maximum Gasteiger partial charge on any atom is 0.335 e. The zero-order valence-corrected chi connectivity index (χ0v) is 12.1. The Morgan fingerprint density at radius 1 is 1.07 bits per heavy atom.